The van der Waals surface area contributed by atoms with Crippen LogP contribution >= 0.6 is 0 Å². The summed E-state index contributed by atoms with van der Waals surface area (Å²) < 4.78 is 4.18. The Kier molecular flexibility index (Phi) is 3.44. The minimum absolute atomic E-state index is 0.722. The molecule has 0 nitrogen and oxygen atoms in total. The number of benzene rings is 1. The molecule has 0 radical (unpaired) electrons. The summed E-state index contributed by atoms with van der Waals surface area (Å²) in [6, 6.07) is 8.91. The van der Waals surface area contributed by atoms with Crippen LogP contribution in [0.3, 0.4) is 0 Å². The van der Waals surface area contributed by atoms with Crippen LogP contribution in [0.25, 0.3) is 6.08 Å². The van der Waals surface area contributed by atoms with Gasteiger partial charge in [-0.15, -0.1) is 0 Å². The van der Waals surface area contributed by atoms with Crippen molar-refractivity contribution >= 4 is 9.28 Å². The Labute approximate surface area is 117 Å². The Morgan fingerprint density at radius 1 is 1.22 bits per heavy atom. The standard InChI is InChI=1S/C9H7.C5H5.C3H6.Zr/c1-2-5-9-7-3-6-8(9)4-1;1-2-4-5-3-1;1-3-2;/h1-7H;1-3H,4H2;1-2H3;. The van der Waals surface area contributed by atoms with Crippen LogP contribution < -0.4 is 0 Å². The van der Waals surface area contributed by atoms with E-state index in [1.54, 1.807) is 12.1 Å². The fourth-order valence-corrected chi connectivity index (χ4v) is 10.7. The number of rotatable bonds is 2. The van der Waals surface area contributed by atoms with Gasteiger partial charge in [-0.25, -0.2) is 0 Å². The van der Waals surface area contributed by atoms with E-state index in [0.717, 1.165) is 3.63 Å². The third kappa shape index (κ3) is 2.10. The molecule has 0 saturated carbocycles. The van der Waals surface area contributed by atoms with E-state index in [2.05, 4.69) is 68.5 Å². The van der Waals surface area contributed by atoms with E-state index in [9.17, 15) is 0 Å². The first-order chi connectivity index (χ1) is 8.77. The van der Waals surface area contributed by atoms with Crippen LogP contribution in [0.5, 0.6) is 0 Å². The van der Waals surface area contributed by atoms with Crippen molar-refractivity contribution in [1.82, 2.24) is 0 Å². The molecule has 1 aromatic rings. The van der Waals surface area contributed by atoms with Gasteiger partial charge >= 0.3 is 117 Å². The summed E-state index contributed by atoms with van der Waals surface area (Å²) in [5.41, 5.74) is 3.01. The average molecular weight is 314 g/mol. The van der Waals surface area contributed by atoms with Gasteiger partial charge < -0.3 is 0 Å². The summed E-state index contributed by atoms with van der Waals surface area (Å²) in [7, 11) is 0. The molecule has 0 fully saturated rings. The third-order valence-electron chi connectivity index (χ3n) is 3.77. The van der Waals surface area contributed by atoms with Crippen molar-refractivity contribution in [3.8, 4) is 0 Å². The van der Waals surface area contributed by atoms with Crippen molar-refractivity contribution in [2.45, 2.75) is 23.9 Å². The van der Waals surface area contributed by atoms with Crippen molar-refractivity contribution in [3.05, 3.63) is 63.0 Å². The Balaban J connectivity index is 2.05. The first-order valence-electron chi connectivity index (χ1n) is 6.58. The van der Waals surface area contributed by atoms with Crippen molar-refractivity contribution in [3.63, 3.8) is 0 Å². The van der Waals surface area contributed by atoms with Crippen LogP contribution in [0.4, 0.5) is 0 Å². The molecular formula is C17H18Zr. The maximum absolute atomic E-state index is 2.46. The SMILES string of the molecule is C[C](C)=[Zr]([C]1=CC=CC1)[CH]1C=Cc2ccccc21. The molecular weight excluding hydrogens is 295 g/mol. The van der Waals surface area contributed by atoms with Crippen molar-refractivity contribution < 1.29 is 21.3 Å². The van der Waals surface area contributed by atoms with Gasteiger partial charge in [-0.3, -0.25) is 0 Å². The van der Waals surface area contributed by atoms with E-state index < -0.39 is 21.3 Å². The van der Waals surface area contributed by atoms with Crippen LogP contribution in [0.1, 0.15) is 35.0 Å². The molecule has 0 aliphatic heterocycles. The van der Waals surface area contributed by atoms with E-state index in [0.29, 0.717) is 0 Å². The van der Waals surface area contributed by atoms with Crippen molar-refractivity contribution in [2.24, 2.45) is 0 Å². The first-order valence-corrected chi connectivity index (χ1v) is 10.5. The van der Waals surface area contributed by atoms with Gasteiger partial charge in [-0.2, -0.15) is 0 Å². The van der Waals surface area contributed by atoms with Crippen LogP contribution in [0, 0.1) is 0 Å². The zero-order valence-corrected chi connectivity index (χ0v) is 13.4. The predicted molar refractivity (Wildman–Crippen MR) is 76.4 cm³/mol. The Bertz CT molecular complexity index is 596. The summed E-state index contributed by atoms with van der Waals surface area (Å²) in [4.78, 5) is 0. The summed E-state index contributed by atoms with van der Waals surface area (Å²) in [6.07, 6.45) is 12.9. The molecule has 3 rings (SSSR count). The fraction of sp³-hybridized carbons (Fsp3) is 0.235. The molecule has 1 heteroatoms. The Hall–Kier alpha value is -0.807. The second-order valence-corrected chi connectivity index (χ2v) is 12.8. The van der Waals surface area contributed by atoms with E-state index in [1.165, 1.54) is 12.0 Å². The van der Waals surface area contributed by atoms with E-state index >= 15 is 0 Å². The van der Waals surface area contributed by atoms with Gasteiger partial charge in [0.25, 0.3) is 0 Å². The monoisotopic (exact) mass is 312 g/mol. The van der Waals surface area contributed by atoms with Crippen LogP contribution in [-0.2, 0) is 21.3 Å². The average Bonchev–Trinajstić information content (AvgIpc) is 3.00. The summed E-state index contributed by atoms with van der Waals surface area (Å²) in [6.45, 7) is 4.70. The fourth-order valence-electron chi connectivity index (χ4n) is 2.98. The third-order valence-corrected chi connectivity index (χ3v) is 11.8. The topological polar surface area (TPSA) is 0 Å². The summed E-state index contributed by atoms with van der Waals surface area (Å²) in [5, 5.41) is 0. The van der Waals surface area contributed by atoms with Gasteiger partial charge in [0.2, 0.25) is 0 Å². The molecule has 0 amide bonds. The first kappa shape index (κ1) is 12.2. The van der Waals surface area contributed by atoms with Gasteiger partial charge in [0.1, 0.15) is 0 Å². The zero-order chi connectivity index (χ0) is 12.5. The summed E-state index contributed by atoms with van der Waals surface area (Å²) in [5.74, 6) is 0. The Morgan fingerprint density at radius 2 is 2.06 bits per heavy atom. The second-order valence-electron chi connectivity index (χ2n) is 5.20. The second kappa shape index (κ2) is 5.05. The number of allylic oxidation sites excluding steroid dienone is 5. The van der Waals surface area contributed by atoms with Crippen molar-refractivity contribution in [1.29, 1.82) is 0 Å². The minimum atomic E-state index is -1.68. The Morgan fingerprint density at radius 3 is 2.78 bits per heavy atom. The van der Waals surface area contributed by atoms with Gasteiger partial charge in [-0.1, -0.05) is 0 Å². The molecule has 18 heavy (non-hydrogen) atoms. The van der Waals surface area contributed by atoms with Crippen LogP contribution in [0.2, 0.25) is 0 Å². The molecule has 1 aromatic carbocycles. The van der Waals surface area contributed by atoms with E-state index in [4.69, 9.17) is 0 Å². The van der Waals surface area contributed by atoms with Gasteiger partial charge in [0.15, 0.2) is 0 Å². The quantitative estimate of drug-likeness (QED) is 0.758. The molecule has 2 aliphatic carbocycles. The number of fused-ring (bicyclic) bond motifs is 1. The molecule has 0 bridgehead atoms. The molecule has 90 valence electrons. The van der Waals surface area contributed by atoms with Gasteiger partial charge in [0.05, 0.1) is 0 Å². The van der Waals surface area contributed by atoms with Crippen LogP contribution in [-0.4, -0.2) is 3.21 Å². The zero-order valence-electron chi connectivity index (χ0n) is 11.0. The molecule has 0 N–H and O–H groups in total. The molecule has 0 aromatic heterocycles. The van der Waals surface area contributed by atoms with Crippen LogP contribution in [0.15, 0.2) is 51.9 Å². The molecule has 2 aliphatic rings. The predicted octanol–water partition coefficient (Wildman–Crippen LogP) is 4.43. The van der Waals surface area contributed by atoms with E-state index in [-0.39, 0.29) is 0 Å². The van der Waals surface area contributed by atoms with Gasteiger partial charge in [0, 0.05) is 0 Å². The van der Waals surface area contributed by atoms with Gasteiger partial charge in [-0.05, 0) is 0 Å². The van der Waals surface area contributed by atoms with E-state index in [1.807, 2.05) is 0 Å². The number of hydrogen-bond donors (Lipinski definition) is 0. The molecule has 1 unspecified atom stereocenters. The normalized spacial score (nSPS) is 19.9. The molecule has 0 spiro atoms. The molecule has 0 saturated heterocycles. The number of hydrogen-bond acceptors (Lipinski definition) is 0. The maximum atomic E-state index is 2.46. The summed E-state index contributed by atoms with van der Waals surface area (Å²) >= 11 is -1.68. The van der Waals surface area contributed by atoms with Crippen molar-refractivity contribution in [2.75, 3.05) is 0 Å². The molecule has 1 atom stereocenters. The molecule has 0 heterocycles.